The Morgan fingerprint density at radius 1 is 1.23 bits per heavy atom. The van der Waals surface area contributed by atoms with Crippen molar-refractivity contribution in [2.45, 2.75) is 40.0 Å². The smallest absolute Gasteiger partial charge is 0.263 e. The molecule has 0 aliphatic heterocycles. The van der Waals surface area contributed by atoms with E-state index in [1.54, 1.807) is 24.3 Å². The molecule has 2 N–H and O–H groups in total. The van der Waals surface area contributed by atoms with Gasteiger partial charge in [0.05, 0.1) is 10.7 Å². The van der Waals surface area contributed by atoms with Crippen molar-refractivity contribution in [3.8, 4) is 0 Å². The normalized spacial score (nSPS) is 10.8. The highest BCUT2D eigenvalue weighted by molar-refractivity contribution is 7.13. The molecule has 0 fully saturated rings. The van der Waals surface area contributed by atoms with E-state index in [9.17, 15) is 9.59 Å². The predicted octanol–water partition coefficient (Wildman–Crippen LogP) is 4.45. The van der Waals surface area contributed by atoms with Crippen molar-refractivity contribution < 1.29 is 9.59 Å². The van der Waals surface area contributed by atoms with Crippen LogP contribution in [0.25, 0.3) is 0 Å². The molecule has 140 valence electrons. The van der Waals surface area contributed by atoms with E-state index in [4.69, 9.17) is 11.6 Å². The van der Waals surface area contributed by atoms with Crippen LogP contribution in [0.1, 0.15) is 47.1 Å². The Morgan fingerprint density at radius 3 is 2.58 bits per heavy atom. The average Bonchev–Trinajstić information content (AvgIpc) is 2.93. The minimum absolute atomic E-state index is 0.0882. The van der Waals surface area contributed by atoms with Crippen molar-refractivity contribution >= 4 is 40.4 Å². The molecule has 0 bridgehead atoms. The second-order valence-electron chi connectivity index (χ2n) is 6.53. The molecular weight excluding hydrogens is 370 g/mol. The van der Waals surface area contributed by atoms with E-state index in [1.807, 2.05) is 6.92 Å². The summed E-state index contributed by atoms with van der Waals surface area (Å²) in [7, 11) is 0. The Kier molecular flexibility index (Phi) is 7.60. The lowest BCUT2D eigenvalue weighted by Crippen LogP contribution is -2.25. The molecule has 0 radical (unpaired) electrons. The number of nitrogens with zero attached hydrogens (tertiary/aromatic N) is 1. The number of rotatable bonds is 8. The summed E-state index contributed by atoms with van der Waals surface area (Å²) in [6.07, 6.45) is 1.79. The number of aromatic nitrogens is 1. The van der Waals surface area contributed by atoms with Crippen LogP contribution in [-0.2, 0) is 11.2 Å². The van der Waals surface area contributed by atoms with E-state index in [1.165, 1.54) is 11.3 Å². The SMILES string of the molecule is Cc1nc(CC(C)C)sc1C(=O)NCCCC(=O)Nc1ccc(Cl)cc1. The maximum absolute atomic E-state index is 12.3. The molecule has 2 aromatic rings. The summed E-state index contributed by atoms with van der Waals surface area (Å²) in [6.45, 7) is 6.57. The number of nitrogens with one attached hydrogen (secondary N) is 2. The van der Waals surface area contributed by atoms with Gasteiger partial charge in [0.15, 0.2) is 0 Å². The molecule has 0 saturated heterocycles. The molecule has 2 amide bonds. The Labute approximate surface area is 163 Å². The number of benzene rings is 1. The summed E-state index contributed by atoms with van der Waals surface area (Å²) in [5, 5.41) is 7.28. The van der Waals surface area contributed by atoms with Crippen molar-refractivity contribution in [3.63, 3.8) is 0 Å². The van der Waals surface area contributed by atoms with E-state index >= 15 is 0 Å². The summed E-state index contributed by atoms with van der Waals surface area (Å²) in [6, 6.07) is 6.96. The monoisotopic (exact) mass is 393 g/mol. The van der Waals surface area contributed by atoms with Gasteiger partial charge in [0, 0.05) is 30.1 Å². The van der Waals surface area contributed by atoms with Crippen LogP contribution in [0.15, 0.2) is 24.3 Å². The first-order valence-electron chi connectivity index (χ1n) is 8.65. The van der Waals surface area contributed by atoms with Crippen molar-refractivity contribution in [1.29, 1.82) is 0 Å². The minimum Gasteiger partial charge on any atom is -0.351 e. The van der Waals surface area contributed by atoms with Crippen molar-refractivity contribution in [3.05, 3.63) is 44.9 Å². The van der Waals surface area contributed by atoms with E-state index in [0.717, 1.165) is 17.1 Å². The summed E-state index contributed by atoms with van der Waals surface area (Å²) in [5.41, 5.74) is 1.48. The Morgan fingerprint density at radius 2 is 1.92 bits per heavy atom. The third kappa shape index (κ3) is 6.42. The molecule has 2 rings (SSSR count). The van der Waals surface area contributed by atoms with E-state index in [-0.39, 0.29) is 11.8 Å². The second kappa shape index (κ2) is 9.69. The Bertz CT molecular complexity index is 757. The van der Waals surface area contributed by atoms with Gasteiger partial charge >= 0.3 is 0 Å². The van der Waals surface area contributed by atoms with Crippen LogP contribution in [0.4, 0.5) is 5.69 Å². The van der Waals surface area contributed by atoms with Gasteiger partial charge in [0.2, 0.25) is 5.91 Å². The topological polar surface area (TPSA) is 71.1 Å². The number of hydrogen-bond acceptors (Lipinski definition) is 4. The fourth-order valence-electron chi connectivity index (χ4n) is 2.39. The summed E-state index contributed by atoms with van der Waals surface area (Å²) >= 11 is 7.26. The number of aryl methyl sites for hydroxylation is 1. The molecule has 1 aromatic carbocycles. The average molecular weight is 394 g/mol. The molecule has 1 aromatic heterocycles. The molecule has 0 aliphatic rings. The number of hydrogen-bond donors (Lipinski definition) is 2. The molecule has 7 heteroatoms. The molecule has 0 aliphatic carbocycles. The zero-order valence-corrected chi connectivity index (χ0v) is 16.8. The van der Waals surface area contributed by atoms with Gasteiger partial charge in [-0.15, -0.1) is 11.3 Å². The van der Waals surface area contributed by atoms with Crippen LogP contribution in [0.5, 0.6) is 0 Å². The number of halogens is 1. The molecule has 0 saturated carbocycles. The molecule has 5 nitrogen and oxygen atoms in total. The number of thiazole rings is 1. The van der Waals surface area contributed by atoms with Crippen LogP contribution >= 0.6 is 22.9 Å². The highest BCUT2D eigenvalue weighted by atomic mass is 35.5. The highest BCUT2D eigenvalue weighted by Gasteiger charge is 2.15. The lowest BCUT2D eigenvalue weighted by molar-refractivity contribution is -0.116. The molecule has 0 atom stereocenters. The zero-order valence-electron chi connectivity index (χ0n) is 15.3. The molecule has 0 unspecified atom stereocenters. The summed E-state index contributed by atoms with van der Waals surface area (Å²) in [5.74, 6) is 0.304. The van der Waals surface area contributed by atoms with E-state index in [0.29, 0.717) is 40.9 Å². The van der Waals surface area contributed by atoms with E-state index < -0.39 is 0 Å². The van der Waals surface area contributed by atoms with Crippen LogP contribution in [0.2, 0.25) is 5.02 Å². The van der Waals surface area contributed by atoms with Crippen molar-refractivity contribution in [2.75, 3.05) is 11.9 Å². The van der Waals surface area contributed by atoms with E-state index in [2.05, 4.69) is 29.5 Å². The minimum atomic E-state index is -0.117. The van der Waals surface area contributed by atoms with Crippen molar-refractivity contribution in [1.82, 2.24) is 10.3 Å². The Balaban J connectivity index is 1.73. The van der Waals surface area contributed by atoms with Gasteiger partial charge in [0.1, 0.15) is 4.88 Å². The lowest BCUT2D eigenvalue weighted by atomic mass is 10.1. The van der Waals surface area contributed by atoms with Crippen LogP contribution in [0.3, 0.4) is 0 Å². The molecular formula is C19H24ClN3O2S. The second-order valence-corrected chi connectivity index (χ2v) is 8.05. The van der Waals surface area contributed by atoms with Crippen LogP contribution < -0.4 is 10.6 Å². The molecule has 26 heavy (non-hydrogen) atoms. The van der Waals surface area contributed by atoms with Gasteiger partial charge in [0.25, 0.3) is 5.91 Å². The largest absolute Gasteiger partial charge is 0.351 e. The van der Waals surface area contributed by atoms with Gasteiger partial charge in [-0.3, -0.25) is 9.59 Å². The lowest BCUT2D eigenvalue weighted by Gasteiger charge is -2.06. The van der Waals surface area contributed by atoms with Gasteiger partial charge in [-0.1, -0.05) is 25.4 Å². The van der Waals surface area contributed by atoms with Crippen molar-refractivity contribution in [2.24, 2.45) is 5.92 Å². The molecule has 1 heterocycles. The quantitative estimate of drug-likeness (QED) is 0.651. The standard InChI is InChI=1S/C19H24ClN3O2S/c1-12(2)11-17-22-13(3)18(26-17)19(25)21-10-4-5-16(24)23-15-8-6-14(20)7-9-15/h6-9,12H,4-5,10-11H2,1-3H3,(H,21,25)(H,23,24). The zero-order chi connectivity index (χ0) is 19.1. The number of carbonyl (C=O) groups excluding carboxylic acids is 2. The first-order chi connectivity index (χ1) is 12.3. The van der Waals surface area contributed by atoms with Crippen LogP contribution in [0, 0.1) is 12.8 Å². The fourth-order valence-corrected chi connectivity index (χ4v) is 3.71. The fraction of sp³-hybridized carbons (Fsp3) is 0.421. The summed E-state index contributed by atoms with van der Waals surface area (Å²) in [4.78, 5) is 29.3. The first-order valence-corrected chi connectivity index (χ1v) is 9.84. The first kappa shape index (κ1) is 20.4. The maximum Gasteiger partial charge on any atom is 0.263 e. The van der Waals surface area contributed by atoms with Gasteiger partial charge in [-0.2, -0.15) is 0 Å². The van der Waals surface area contributed by atoms with Gasteiger partial charge < -0.3 is 10.6 Å². The number of amides is 2. The predicted molar refractivity (Wildman–Crippen MR) is 107 cm³/mol. The maximum atomic E-state index is 12.3. The van der Waals surface area contributed by atoms with Gasteiger partial charge in [-0.25, -0.2) is 4.98 Å². The third-order valence-electron chi connectivity index (χ3n) is 3.62. The third-order valence-corrected chi connectivity index (χ3v) is 5.05. The number of carbonyl (C=O) groups is 2. The van der Waals surface area contributed by atoms with Crippen LogP contribution in [-0.4, -0.2) is 23.3 Å². The Hall–Kier alpha value is -1.92. The summed E-state index contributed by atoms with van der Waals surface area (Å²) < 4.78 is 0. The highest BCUT2D eigenvalue weighted by Crippen LogP contribution is 2.20. The van der Waals surface area contributed by atoms with Gasteiger partial charge in [-0.05, 0) is 43.5 Å². The molecule has 0 spiro atoms. The number of anilines is 1.